The number of piperidine rings is 1. The summed E-state index contributed by atoms with van der Waals surface area (Å²) in [6.45, 7) is 22.7. The Labute approximate surface area is 628 Å². The van der Waals surface area contributed by atoms with Crippen LogP contribution in [-0.2, 0) is 62.3 Å². The van der Waals surface area contributed by atoms with E-state index < -0.39 is 175 Å². The molecule has 2 heterocycles. The average Bonchev–Trinajstić information content (AvgIpc) is 0.817. The number of amides is 12. The van der Waals surface area contributed by atoms with Gasteiger partial charge in [-0.2, -0.15) is 0 Å². The van der Waals surface area contributed by atoms with Crippen LogP contribution in [0.4, 0.5) is 0 Å². The molecule has 600 valence electrons. The zero-order valence-electron chi connectivity index (χ0n) is 67.5. The van der Waals surface area contributed by atoms with Crippen molar-refractivity contribution in [2.24, 2.45) is 41.4 Å². The van der Waals surface area contributed by atoms with Crippen LogP contribution in [0.5, 0.6) is 0 Å². The molecule has 2 saturated heterocycles. The van der Waals surface area contributed by atoms with Gasteiger partial charge in [0.25, 0.3) is 0 Å². The van der Waals surface area contributed by atoms with E-state index in [1.807, 2.05) is 48.5 Å². The minimum Gasteiger partial charge on any atom is -0.393 e. The van der Waals surface area contributed by atoms with Gasteiger partial charge in [0.05, 0.1) is 31.8 Å². The number of rotatable bonds is 22. The molecule has 105 heavy (non-hydrogen) atoms. The largest absolute Gasteiger partial charge is 0.393 e. The van der Waals surface area contributed by atoms with Crippen molar-refractivity contribution in [3.05, 3.63) is 0 Å². The molecule has 0 aromatic rings. The Kier molecular flexibility index (Phi) is 38.2. The van der Waals surface area contributed by atoms with Gasteiger partial charge in [-0.3, -0.25) is 57.5 Å². The number of likely N-dealkylation sites (tertiary alicyclic amines) is 1. The normalized spacial score (nSPS) is 27.0. The third-order valence-electron chi connectivity index (χ3n) is 21.8. The molecule has 0 spiro atoms. The summed E-state index contributed by atoms with van der Waals surface area (Å²) in [4.78, 5) is 193. The molecule has 4 aliphatic rings. The summed E-state index contributed by atoms with van der Waals surface area (Å²) in [5, 5.41) is 33.4. The van der Waals surface area contributed by atoms with Gasteiger partial charge in [-0.05, 0) is 119 Å². The first-order chi connectivity index (χ1) is 49.3. The van der Waals surface area contributed by atoms with Crippen molar-refractivity contribution in [3.63, 3.8) is 0 Å². The first kappa shape index (κ1) is 90.9. The Hall–Kier alpha value is -6.48. The highest BCUT2D eigenvalue weighted by Gasteiger charge is 2.46. The van der Waals surface area contributed by atoms with E-state index in [4.69, 9.17) is 4.74 Å². The summed E-state index contributed by atoms with van der Waals surface area (Å²) in [5.74, 6) is -9.98. The maximum absolute atomic E-state index is 15.7. The fraction of sp³-hybridized carbons (Fsp3) is 0.846. The number of hydrogen-bond acceptors (Lipinski definition) is 15. The molecule has 12 amide bonds. The van der Waals surface area contributed by atoms with Crippen LogP contribution in [0.1, 0.15) is 231 Å². The molecule has 6 N–H and O–H groups in total. The molecule has 2 aliphatic carbocycles. The van der Waals surface area contributed by atoms with E-state index >= 15 is 43.2 Å². The minimum atomic E-state index is -1.66. The van der Waals surface area contributed by atoms with E-state index in [-0.39, 0.29) is 81.3 Å². The van der Waals surface area contributed by atoms with E-state index in [0.29, 0.717) is 38.8 Å². The van der Waals surface area contributed by atoms with Gasteiger partial charge >= 0.3 is 0 Å². The molecule has 0 unspecified atom stereocenters. The van der Waals surface area contributed by atoms with Gasteiger partial charge in [0, 0.05) is 68.5 Å². The number of nitrogens with one attached hydrogen (secondary N) is 4. The Bertz CT molecular complexity index is 2840. The quantitative estimate of drug-likeness (QED) is 0.0730. The van der Waals surface area contributed by atoms with Crippen LogP contribution in [0.25, 0.3) is 0 Å². The number of carbonyl (C=O) groups is 12. The van der Waals surface area contributed by atoms with Gasteiger partial charge in [0.15, 0.2) is 0 Å². The monoisotopic (exact) mass is 1480 g/mol. The number of aliphatic hydroxyl groups excluding tert-OH is 2. The predicted molar refractivity (Wildman–Crippen MR) is 403 cm³/mol. The lowest BCUT2D eigenvalue weighted by Gasteiger charge is -2.40. The minimum absolute atomic E-state index is 0.00473. The van der Waals surface area contributed by atoms with Crippen molar-refractivity contribution in [2.45, 2.75) is 304 Å². The molecule has 0 radical (unpaired) electrons. The molecule has 12 atom stereocenters. The first-order valence-electron chi connectivity index (χ1n) is 39.7. The lowest BCUT2D eigenvalue weighted by Crippen LogP contribution is -2.63. The van der Waals surface area contributed by atoms with Crippen molar-refractivity contribution in [3.8, 4) is 0 Å². The van der Waals surface area contributed by atoms with Gasteiger partial charge in [0.1, 0.15) is 60.4 Å². The molecule has 27 nitrogen and oxygen atoms in total. The molecule has 0 bridgehead atoms. The molecule has 2 aliphatic heterocycles. The molecule has 0 aromatic carbocycles. The van der Waals surface area contributed by atoms with Gasteiger partial charge in [-0.1, -0.05) is 147 Å². The van der Waals surface area contributed by atoms with Gasteiger partial charge in [-0.25, -0.2) is 0 Å². The number of carbonyl (C=O) groups excluding carboxylic acids is 12. The Morgan fingerprint density at radius 2 is 0.933 bits per heavy atom. The van der Waals surface area contributed by atoms with Crippen LogP contribution in [0.3, 0.4) is 0 Å². The number of aliphatic hydroxyl groups is 2. The molecule has 27 heteroatoms. The van der Waals surface area contributed by atoms with Gasteiger partial charge in [0.2, 0.25) is 70.9 Å². The summed E-state index contributed by atoms with van der Waals surface area (Å²) >= 11 is 0. The van der Waals surface area contributed by atoms with E-state index in [0.717, 1.165) is 70.6 Å². The summed E-state index contributed by atoms with van der Waals surface area (Å²) in [6, 6.07) is -13.2. The van der Waals surface area contributed by atoms with Crippen molar-refractivity contribution in [1.82, 2.24) is 60.5 Å². The topological polar surface area (TPSA) is 329 Å². The van der Waals surface area contributed by atoms with Crippen molar-refractivity contribution in [1.29, 1.82) is 0 Å². The Balaban J connectivity index is 2.02. The van der Waals surface area contributed by atoms with Gasteiger partial charge < -0.3 is 75.4 Å². The Morgan fingerprint density at radius 3 is 1.45 bits per heavy atom. The summed E-state index contributed by atoms with van der Waals surface area (Å²) in [6.07, 6.45) is 9.82. The zero-order valence-corrected chi connectivity index (χ0v) is 67.5. The maximum atomic E-state index is 15.7. The third-order valence-corrected chi connectivity index (χ3v) is 21.8. The summed E-state index contributed by atoms with van der Waals surface area (Å²) in [7, 11) is 8.77. The maximum Gasteiger partial charge on any atom is 0.248 e. The van der Waals surface area contributed by atoms with Crippen LogP contribution in [0.15, 0.2) is 0 Å². The molecular weight excluding hydrogens is 1340 g/mol. The Morgan fingerprint density at radius 1 is 0.476 bits per heavy atom. The van der Waals surface area contributed by atoms with Crippen LogP contribution >= 0.6 is 0 Å². The fourth-order valence-corrected chi connectivity index (χ4v) is 15.5. The van der Waals surface area contributed by atoms with Crippen LogP contribution in [-0.4, -0.2) is 275 Å². The highest BCUT2D eigenvalue weighted by Crippen LogP contribution is 2.32. The second-order valence-corrected chi connectivity index (χ2v) is 32.9. The lowest BCUT2D eigenvalue weighted by atomic mass is 9.84. The van der Waals surface area contributed by atoms with Crippen molar-refractivity contribution in [2.75, 3.05) is 81.7 Å². The summed E-state index contributed by atoms with van der Waals surface area (Å²) < 4.78 is 6.10. The number of unbranched alkanes of at least 4 members (excludes halogenated alkanes) is 1. The first-order valence-corrected chi connectivity index (χ1v) is 39.7. The van der Waals surface area contributed by atoms with E-state index in [2.05, 4.69) is 21.3 Å². The molecule has 0 aromatic heterocycles. The number of ether oxygens (including phenoxy) is 1. The standard InChI is InChI=1S/C78H138N12O15/c1-20-21-36-90-46-65(94)83(14)60(41-49(4)5)69(95)79-58(75(101)89-37-29-24-30-38-89)45-64(93)87(18)67(51(8)9)71(97)80-57(40-48(2)3)73(99)85(16)62(42-50(6)7)76(102)84(15)61(43-55-31-25-22-26-32-55)70(96)81-59(47-105-39-35-53(12)91)74(100)86(17)63(44-56-33-27-23-28-34-56)77(103)88(19)68(52(10)11)72(98)82-66(54(13)92)78(90)104/h48-63,66-68,91-92H,20-47H2,1-19H3,(H,79,95)(H,80,97)(H,81,96)(H,82,98)/t53-,54+,57-,58-,59-,60-,61-,62-,63-,66-,67-,68-/m0/s1. The highest BCUT2D eigenvalue weighted by atomic mass is 16.5. The number of nitrogens with zero attached hydrogens (tertiary/aromatic N) is 8. The van der Waals surface area contributed by atoms with E-state index in [1.54, 1.807) is 39.5 Å². The smallest absolute Gasteiger partial charge is 0.248 e. The second kappa shape index (κ2) is 44.1. The van der Waals surface area contributed by atoms with Crippen LogP contribution in [0.2, 0.25) is 0 Å². The second-order valence-electron chi connectivity index (χ2n) is 32.9. The van der Waals surface area contributed by atoms with E-state index in [1.165, 1.54) is 83.5 Å². The molecule has 2 saturated carbocycles. The third kappa shape index (κ3) is 27.3. The average molecular weight is 1480 g/mol. The van der Waals surface area contributed by atoms with Crippen molar-refractivity contribution >= 4 is 70.9 Å². The highest BCUT2D eigenvalue weighted by molar-refractivity contribution is 6.00. The lowest BCUT2D eigenvalue weighted by molar-refractivity contribution is -0.153. The molecule has 4 fully saturated rings. The van der Waals surface area contributed by atoms with Gasteiger partial charge in [-0.15, -0.1) is 0 Å². The molecular formula is C78H138N12O15. The molecule has 4 rings (SSSR count). The van der Waals surface area contributed by atoms with Crippen LogP contribution in [0, 0.1) is 41.4 Å². The van der Waals surface area contributed by atoms with Crippen LogP contribution < -0.4 is 21.3 Å². The van der Waals surface area contributed by atoms with E-state index in [9.17, 15) is 24.6 Å². The number of likely N-dealkylation sites (N-methyl/N-ethyl adjacent to an activating group) is 6. The zero-order chi connectivity index (χ0) is 78.9. The van der Waals surface area contributed by atoms with Crippen molar-refractivity contribution < 1.29 is 72.5 Å². The SMILES string of the molecule is CCCCN1CC(=O)N(C)[C@@H](CC(C)C)C(=O)N[C@H](C(=O)N2CCCCC2)CC(=O)N(C)[C@@H](C(C)C)C(=O)N[C@@H](CC(C)C)C(=O)N(C)[C@@H](CC(C)C)C(=O)N(C)[C@@H](CC2CCCCC2)C(=O)N[C@@H](COCC[C@H](C)O)C(=O)N(C)[C@@H](CC2CCCCC2)C(=O)N(C)[C@@H](C(C)C)C(=O)N[C@@H]([C@@H](C)O)C1=O. The fourth-order valence-electron chi connectivity index (χ4n) is 15.5. The summed E-state index contributed by atoms with van der Waals surface area (Å²) in [5.41, 5.74) is 0. The number of hydrogen-bond donors (Lipinski definition) is 6. The predicted octanol–water partition coefficient (Wildman–Crippen LogP) is 5.49.